The lowest BCUT2D eigenvalue weighted by Gasteiger charge is -2.22. The third kappa shape index (κ3) is 3.91. The Labute approximate surface area is 124 Å². The Morgan fingerprint density at radius 3 is 3.19 bits per heavy atom. The Balaban J connectivity index is 2.18. The largest absolute Gasteiger partial charge is 0.377 e. The van der Waals surface area contributed by atoms with Gasteiger partial charge in [0.25, 0.3) is 5.91 Å². The fourth-order valence-electron chi connectivity index (χ4n) is 2.32. The first-order valence-electron chi connectivity index (χ1n) is 7.42. The molecule has 1 N–H and O–H groups in total. The Hall–Kier alpha value is -1.69. The van der Waals surface area contributed by atoms with Gasteiger partial charge in [-0.2, -0.15) is 0 Å². The molecule has 1 amide bonds. The van der Waals surface area contributed by atoms with Crippen LogP contribution in [0.1, 0.15) is 37.0 Å². The van der Waals surface area contributed by atoms with Crippen LogP contribution in [-0.4, -0.2) is 48.1 Å². The summed E-state index contributed by atoms with van der Waals surface area (Å²) in [6.45, 7) is 6.23. The summed E-state index contributed by atoms with van der Waals surface area (Å²) in [7, 11) is 0. The maximum Gasteiger partial charge on any atom is 0.257 e. The van der Waals surface area contributed by atoms with E-state index in [1.54, 1.807) is 4.90 Å². The topological polar surface area (TPSA) is 54.5 Å². The zero-order chi connectivity index (χ0) is 15.2. The predicted octanol–water partition coefficient (Wildman–Crippen LogP) is 2.29. The molecule has 0 spiro atoms. The maximum atomic E-state index is 14.4. The summed E-state index contributed by atoms with van der Waals surface area (Å²) in [4.78, 5) is 18.1. The molecule has 6 heteroatoms. The van der Waals surface area contributed by atoms with Crippen LogP contribution in [0.5, 0.6) is 0 Å². The lowest BCUT2D eigenvalue weighted by atomic mass is 10.2. The highest BCUT2D eigenvalue weighted by atomic mass is 19.1. The van der Waals surface area contributed by atoms with Gasteiger partial charge in [0.1, 0.15) is 0 Å². The first-order valence-corrected chi connectivity index (χ1v) is 7.42. The van der Waals surface area contributed by atoms with Crippen molar-refractivity contribution in [3.05, 3.63) is 23.6 Å². The number of halogens is 1. The highest BCUT2D eigenvalue weighted by Crippen LogP contribution is 2.18. The van der Waals surface area contributed by atoms with E-state index in [1.165, 1.54) is 12.3 Å². The lowest BCUT2D eigenvalue weighted by Crippen LogP contribution is -2.36. The highest BCUT2D eigenvalue weighted by Gasteiger charge is 2.24. The van der Waals surface area contributed by atoms with E-state index in [9.17, 15) is 9.18 Å². The third-order valence-electron chi connectivity index (χ3n) is 3.40. The lowest BCUT2D eigenvalue weighted by molar-refractivity contribution is 0.0560. The number of nitrogens with zero attached hydrogens (tertiary/aromatic N) is 2. The Bertz CT molecular complexity index is 496. The van der Waals surface area contributed by atoms with Gasteiger partial charge in [0, 0.05) is 32.4 Å². The van der Waals surface area contributed by atoms with E-state index >= 15 is 0 Å². The molecule has 1 aliphatic heterocycles. The van der Waals surface area contributed by atoms with Crippen LogP contribution < -0.4 is 5.32 Å². The van der Waals surface area contributed by atoms with Crippen LogP contribution in [0.2, 0.25) is 0 Å². The summed E-state index contributed by atoms with van der Waals surface area (Å²) in [5.74, 6) is -0.734. The smallest absolute Gasteiger partial charge is 0.257 e. The number of hydrogen-bond donors (Lipinski definition) is 1. The van der Waals surface area contributed by atoms with Gasteiger partial charge in [0.05, 0.1) is 11.7 Å². The van der Waals surface area contributed by atoms with Gasteiger partial charge in [-0.25, -0.2) is 9.37 Å². The number of amides is 1. The van der Waals surface area contributed by atoms with Gasteiger partial charge < -0.3 is 15.0 Å². The standard InChI is InChI=1S/C15H22FN3O2/c1-3-6-17-14-13(16)12(5-7-18-14)15(20)19-8-4-9-21-11(2)10-19/h5,7,11H,3-4,6,8-10H2,1-2H3,(H,17,18). The number of pyridine rings is 1. The molecule has 5 nitrogen and oxygen atoms in total. The van der Waals surface area contributed by atoms with Crippen molar-refractivity contribution < 1.29 is 13.9 Å². The van der Waals surface area contributed by atoms with Crippen molar-refractivity contribution in [3.8, 4) is 0 Å². The summed E-state index contributed by atoms with van der Waals surface area (Å²) in [5, 5.41) is 2.90. The second-order valence-corrected chi connectivity index (χ2v) is 5.23. The van der Waals surface area contributed by atoms with E-state index in [2.05, 4.69) is 10.3 Å². The number of anilines is 1. The number of aromatic nitrogens is 1. The first-order chi connectivity index (χ1) is 10.1. The molecular weight excluding hydrogens is 273 g/mol. The molecule has 1 saturated heterocycles. The SMILES string of the molecule is CCCNc1nccc(C(=O)N2CCCOC(C)C2)c1F. The number of ether oxygens (including phenoxy) is 1. The second-order valence-electron chi connectivity index (χ2n) is 5.23. The molecule has 0 saturated carbocycles. The molecule has 1 fully saturated rings. The second kappa shape index (κ2) is 7.36. The average molecular weight is 295 g/mol. The minimum atomic E-state index is -0.575. The monoisotopic (exact) mass is 295 g/mol. The molecule has 1 atom stereocenters. The summed E-state index contributed by atoms with van der Waals surface area (Å²) in [6, 6.07) is 1.44. The number of carbonyl (C=O) groups is 1. The van der Waals surface area contributed by atoms with Gasteiger partial charge in [0.15, 0.2) is 11.6 Å². The molecule has 1 aromatic rings. The molecule has 2 heterocycles. The summed E-state index contributed by atoms with van der Waals surface area (Å²) < 4.78 is 19.9. The van der Waals surface area contributed by atoms with Gasteiger partial charge in [-0.05, 0) is 25.8 Å². The molecule has 0 aliphatic carbocycles. The van der Waals surface area contributed by atoms with Gasteiger partial charge in [0.2, 0.25) is 0 Å². The van der Waals surface area contributed by atoms with Crippen LogP contribution in [0.4, 0.5) is 10.2 Å². The quantitative estimate of drug-likeness (QED) is 0.926. The highest BCUT2D eigenvalue weighted by molar-refractivity contribution is 5.95. The fourth-order valence-corrected chi connectivity index (χ4v) is 2.32. The third-order valence-corrected chi connectivity index (χ3v) is 3.40. The van der Waals surface area contributed by atoms with Crippen molar-refractivity contribution in [2.75, 3.05) is 31.6 Å². The molecule has 1 aliphatic rings. The van der Waals surface area contributed by atoms with Crippen LogP contribution in [0.3, 0.4) is 0 Å². The Morgan fingerprint density at radius 1 is 1.62 bits per heavy atom. The molecule has 21 heavy (non-hydrogen) atoms. The zero-order valence-electron chi connectivity index (χ0n) is 12.6. The summed E-state index contributed by atoms with van der Waals surface area (Å²) in [5.41, 5.74) is 0.0673. The van der Waals surface area contributed by atoms with Crippen LogP contribution in [0.25, 0.3) is 0 Å². The number of nitrogens with one attached hydrogen (secondary N) is 1. The van der Waals surface area contributed by atoms with E-state index < -0.39 is 5.82 Å². The van der Waals surface area contributed by atoms with Crippen LogP contribution in [-0.2, 0) is 4.74 Å². The van der Waals surface area contributed by atoms with E-state index in [0.29, 0.717) is 26.2 Å². The predicted molar refractivity (Wildman–Crippen MR) is 78.9 cm³/mol. The van der Waals surface area contributed by atoms with Crippen LogP contribution in [0.15, 0.2) is 12.3 Å². The average Bonchev–Trinajstić information content (AvgIpc) is 2.70. The van der Waals surface area contributed by atoms with Crippen LogP contribution >= 0.6 is 0 Å². The zero-order valence-corrected chi connectivity index (χ0v) is 12.6. The Morgan fingerprint density at radius 2 is 2.43 bits per heavy atom. The van der Waals surface area contributed by atoms with E-state index in [0.717, 1.165) is 12.8 Å². The molecule has 0 aromatic carbocycles. The summed E-state index contributed by atoms with van der Waals surface area (Å²) >= 11 is 0. The van der Waals surface area contributed by atoms with Gasteiger partial charge in [-0.15, -0.1) is 0 Å². The van der Waals surface area contributed by atoms with E-state index in [-0.39, 0.29) is 23.4 Å². The van der Waals surface area contributed by atoms with Gasteiger partial charge in [-0.3, -0.25) is 4.79 Å². The summed E-state index contributed by atoms with van der Waals surface area (Å²) in [6.07, 6.45) is 3.06. The number of hydrogen-bond acceptors (Lipinski definition) is 4. The van der Waals surface area contributed by atoms with Gasteiger partial charge >= 0.3 is 0 Å². The molecule has 1 unspecified atom stereocenters. The van der Waals surface area contributed by atoms with Gasteiger partial charge in [-0.1, -0.05) is 6.92 Å². The van der Waals surface area contributed by atoms with Crippen molar-refractivity contribution in [1.82, 2.24) is 9.88 Å². The molecule has 0 radical (unpaired) electrons. The normalized spacial score (nSPS) is 19.2. The van der Waals surface area contributed by atoms with Crippen molar-refractivity contribution >= 4 is 11.7 Å². The molecular formula is C15H22FN3O2. The van der Waals surface area contributed by atoms with Crippen LogP contribution in [0, 0.1) is 5.82 Å². The van der Waals surface area contributed by atoms with Crippen molar-refractivity contribution in [3.63, 3.8) is 0 Å². The molecule has 0 bridgehead atoms. The van der Waals surface area contributed by atoms with Crippen molar-refractivity contribution in [2.45, 2.75) is 32.8 Å². The number of rotatable bonds is 4. The maximum absolute atomic E-state index is 14.4. The van der Waals surface area contributed by atoms with E-state index in [1.807, 2.05) is 13.8 Å². The molecule has 1 aromatic heterocycles. The molecule has 2 rings (SSSR count). The minimum Gasteiger partial charge on any atom is -0.377 e. The fraction of sp³-hybridized carbons (Fsp3) is 0.600. The van der Waals surface area contributed by atoms with E-state index in [4.69, 9.17) is 4.74 Å². The van der Waals surface area contributed by atoms with Crippen molar-refractivity contribution in [2.24, 2.45) is 0 Å². The first kappa shape index (κ1) is 15.7. The Kier molecular flexibility index (Phi) is 5.50. The number of carbonyl (C=O) groups excluding carboxylic acids is 1. The minimum absolute atomic E-state index is 0.0287. The van der Waals surface area contributed by atoms with Crippen molar-refractivity contribution in [1.29, 1.82) is 0 Å². The molecule has 116 valence electrons.